The molecule has 0 aromatic carbocycles. The number of fused-ring (bicyclic) bond motifs is 3. The fourth-order valence-corrected chi connectivity index (χ4v) is 2.88. The average molecular weight is 341 g/mol. The molecular formula is C15H15N7O3. The van der Waals surface area contributed by atoms with Crippen LogP contribution < -0.4 is 11.4 Å². The maximum atomic E-state index is 12.7. The molecule has 0 aliphatic heterocycles. The third-order valence-corrected chi connectivity index (χ3v) is 3.98. The Morgan fingerprint density at radius 2 is 2.12 bits per heavy atom. The van der Waals surface area contributed by atoms with E-state index in [1.54, 1.807) is 16.7 Å². The van der Waals surface area contributed by atoms with Crippen LogP contribution in [-0.2, 0) is 17.9 Å². The fourth-order valence-electron chi connectivity index (χ4n) is 2.88. The van der Waals surface area contributed by atoms with Gasteiger partial charge in [-0.05, 0) is 19.1 Å². The van der Waals surface area contributed by atoms with Gasteiger partial charge >= 0.3 is 5.69 Å². The van der Waals surface area contributed by atoms with Crippen molar-refractivity contribution in [2.45, 2.75) is 26.4 Å². The number of carbonyl (C=O) groups is 1. The van der Waals surface area contributed by atoms with Crippen LogP contribution in [0, 0.1) is 0 Å². The molecule has 0 aliphatic carbocycles. The van der Waals surface area contributed by atoms with Crippen molar-refractivity contribution >= 4 is 29.0 Å². The quantitative estimate of drug-likeness (QED) is 0.529. The molecule has 128 valence electrons. The monoisotopic (exact) mass is 341 g/mol. The number of nitrogens with zero attached hydrogens (tertiary/aromatic N) is 6. The molecule has 10 nitrogen and oxygen atoms in total. The second-order valence-corrected chi connectivity index (χ2v) is 5.42. The Morgan fingerprint density at radius 1 is 1.28 bits per heavy atom. The van der Waals surface area contributed by atoms with Crippen LogP contribution >= 0.6 is 0 Å². The smallest absolute Gasteiger partial charge is 0.330 e. The van der Waals surface area contributed by atoms with Crippen LogP contribution in [0.25, 0.3) is 28.4 Å². The van der Waals surface area contributed by atoms with E-state index >= 15 is 0 Å². The van der Waals surface area contributed by atoms with E-state index in [1.165, 1.54) is 15.3 Å². The fraction of sp³-hybridized carbons (Fsp3) is 0.267. The Labute approximate surface area is 140 Å². The van der Waals surface area contributed by atoms with Crippen molar-refractivity contribution in [3.63, 3.8) is 0 Å². The van der Waals surface area contributed by atoms with Crippen molar-refractivity contribution in [3.05, 3.63) is 28.9 Å². The molecule has 0 unspecified atom stereocenters. The van der Waals surface area contributed by atoms with Crippen LogP contribution in [0.1, 0.15) is 13.3 Å². The Morgan fingerprint density at radius 3 is 2.80 bits per heavy atom. The van der Waals surface area contributed by atoms with Crippen LogP contribution in [0.4, 0.5) is 5.95 Å². The molecule has 10 heteroatoms. The third kappa shape index (κ3) is 2.14. The minimum absolute atomic E-state index is 0.0981. The van der Waals surface area contributed by atoms with Crippen LogP contribution in [0.5, 0.6) is 0 Å². The highest BCUT2D eigenvalue weighted by Crippen LogP contribution is 2.23. The molecule has 0 spiro atoms. The normalized spacial score (nSPS) is 11.6. The van der Waals surface area contributed by atoms with Crippen LogP contribution in [0.3, 0.4) is 0 Å². The minimum atomic E-state index is -0.262. The molecule has 0 atom stereocenters. The van der Waals surface area contributed by atoms with Gasteiger partial charge in [0.05, 0.1) is 6.26 Å². The topological polar surface area (TPSA) is 126 Å². The van der Waals surface area contributed by atoms with Gasteiger partial charge in [0.2, 0.25) is 11.8 Å². The molecule has 4 aromatic heterocycles. The molecule has 0 saturated carbocycles. The first-order chi connectivity index (χ1) is 12.2. The number of nitrogen functional groups attached to an aromatic ring is 1. The van der Waals surface area contributed by atoms with E-state index in [2.05, 4.69) is 15.1 Å². The van der Waals surface area contributed by atoms with E-state index in [4.69, 9.17) is 10.2 Å². The Hall–Kier alpha value is -3.43. The Balaban J connectivity index is 2.08. The van der Waals surface area contributed by atoms with Crippen LogP contribution in [0.2, 0.25) is 0 Å². The number of imidazole rings is 1. The number of aryl methyl sites for hydroxylation is 2. The lowest BCUT2D eigenvalue weighted by Crippen LogP contribution is -2.24. The summed E-state index contributed by atoms with van der Waals surface area (Å²) in [5.41, 5.74) is 7.08. The van der Waals surface area contributed by atoms with Gasteiger partial charge < -0.3 is 14.9 Å². The van der Waals surface area contributed by atoms with E-state index in [9.17, 15) is 9.59 Å². The number of nitrogens with two attached hydrogens (primary N) is 1. The van der Waals surface area contributed by atoms with Gasteiger partial charge in [-0.2, -0.15) is 9.50 Å². The summed E-state index contributed by atoms with van der Waals surface area (Å²) in [5, 5.41) is 4.32. The van der Waals surface area contributed by atoms with E-state index < -0.39 is 0 Å². The van der Waals surface area contributed by atoms with Crippen LogP contribution in [0.15, 0.2) is 27.6 Å². The summed E-state index contributed by atoms with van der Waals surface area (Å²) < 4.78 is 9.69. The summed E-state index contributed by atoms with van der Waals surface area (Å²) >= 11 is 0. The molecule has 0 bridgehead atoms. The highest BCUT2D eigenvalue weighted by molar-refractivity contribution is 5.88. The highest BCUT2D eigenvalue weighted by Gasteiger charge is 2.21. The van der Waals surface area contributed by atoms with Gasteiger partial charge in [-0.3, -0.25) is 9.13 Å². The number of furan rings is 1. The van der Waals surface area contributed by atoms with Crippen molar-refractivity contribution in [1.29, 1.82) is 0 Å². The maximum Gasteiger partial charge on any atom is 0.330 e. The van der Waals surface area contributed by atoms with Crippen molar-refractivity contribution in [3.8, 4) is 11.6 Å². The molecule has 0 amide bonds. The summed E-state index contributed by atoms with van der Waals surface area (Å²) in [7, 11) is 0. The van der Waals surface area contributed by atoms with Crippen molar-refractivity contribution in [2.75, 3.05) is 5.73 Å². The molecule has 0 fully saturated rings. The lowest BCUT2D eigenvalue weighted by atomic mass is 10.4. The highest BCUT2D eigenvalue weighted by atomic mass is 16.3. The number of rotatable bonds is 5. The van der Waals surface area contributed by atoms with E-state index in [0.29, 0.717) is 34.9 Å². The molecule has 0 saturated heterocycles. The first-order valence-corrected chi connectivity index (χ1v) is 7.78. The third-order valence-electron chi connectivity index (χ3n) is 3.98. The van der Waals surface area contributed by atoms with Gasteiger partial charge in [-0.15, -0.1) is 5.10 Å². The molecular weight excluding hydrogens is 326 g/mol. The average Bonchev–Trinajstić information content (AvgIpc) is 3.31. The first-order valence-electron chi connectivity index (χ1n) is 7.78. The molecule has 4 rings (SSSR count). The summed E-state index contributed by atoms with van der Waals surface area (Å²) in [4.78, 5) is 32.2. The zero-order valence-corrected chi connectivity index (χ0v) is 13.4. The SMILES string of the molecule is CCn1c(=O)n(CCC=O)c2nc(N)n3nc(-c4ccco4)nc3c21. The van der Waals surface area contributed by atoms with Crippen molar-refractivity contribution in [1.82, 2.24) is 28.7 Å². The van der Waals surface area contributed by atoms with Crippen molar-refractivity contribution < 1.29 is 9.21 Å². The molecule has 0 aliphatic rings. The van der Waals surface area contributed by atoms with E-state index in [-0.39, 0.29) is 24.6 Å². The second-order valence-electron chi connectivity index (χ2n) is 5.42. The number of hydrogen-bond acceptors (Lipinski definition) is 7. The Bertz CT molecular complexity index is 1130. The number of anilines is 1. The van der Waals surface area contributed by atoms with Crippen LogP contribution in [-0.4, -0.2) is 35.0 Å². The van der Waals surface area contributed by atoms with Gasteiger partial charge in [0.1, 0.15) is 11.8 Å². The summed E-state index contributed by atoms with van der Waals surface area (Å²) in [6.45, 7) is 2.50. The van der Waals surface area contributed by atoms with E-state index in [1.807, 2.05) is 6.92 Å². The largest absolute Gasteiger partial charge is 0.461 e. The second kappa shape index (κ2) is 5.58. The summed E-state index contributed by atoms with van der Waals surface area (Å²) in [5.74, 6) is 0.935. The summed E-state index contributed by atoms with van der Waals surface area (Å²) in [6.07, 6.45) is 2.49. The number of hydrogen-bond donors (Lipinski definition) is 1. The predicted molar refractivity (Wildman–Crippen MR) is 89.0 cm³/mol. The van der Waals surface area contributed by atoms with E-state index in [0.717, 1.165) is 6.29 Å². The number of carbonyl (C=O) groups excluding carboxylic acids is 1. The zero-order valence-electron chi connectivity index (χ0n) is 13.4. The first kappa shape index (κ1) is 15.1. The lowest BCUT2D eigenvalue weighted by molar-refractivity contribution is -0.108. The number of aromatic nitrogens is 6. The molecule has 4 heterocycles. The molecule has 25 heavy (non-hydrogen) atoms. The van der Waals surface area contributed by atoms with Gasteiger partial charge in [0.25, 0.3) is 0 Å². The Kier molecular flexibility index (Phi) is 3.38. The van der Waals surface area contributed by atoms with Gasteiger partial charge in [-0.1, -0.05) is 0 Å². The predicted octanol–water partition coefficient (Wildman–Crippen LogP) is 0.692. The molecule has 4 aromatic rings. The molecule has 2 N–H and O–H groups in total. The molecule has 0 radical (unpaired) electrons. The lowest BCUT2D eigenvalue weighted by Gasteiger charge is -2.02. The maximum absolute atomic E-state index is 12.7. The van der Waals surface area contributed by atoms with Crippen molar-refractivity contribution in [2.24, 2.45) is 0 Å². The standard InChI is InChI=1S/C15H15N7O3/c1-2-20-10-12(21(15(20)24)6-4-7-23)18-14(16)22-13(10)17-11(19-22)9-5-3-8-25-9/h3,5,7-8H,2,4,6H2,1H3,(H2,16,18). The summed E-state index contributed by atoms with van der Waals surface area (Å²) in [6, 6.07) is 3.47. The van der Waals surface area contributed by atoms with Gasteiger partial charge in [0.15, 0.2) is 17.1 Å². The minimum Gasteiger partial charge on any atom is -0.461 e. The zero-order chi connectivity index (χ0) is 17.6. The van der Waals surface area contributed by atoms with Gasteiger partial charge in [-0.25, -0.2) is 9.78 Å². The number of aldehydes is 1. The van der Waals surface area contributed by atoms with Gasteiger partial charge in [0, 0.05) is 19.5 Å².